The van der Waals surface area contributed by atoms with Crippen LogP contribution in [0, 0.1) is 14.0 Å². The summed E-state index contributed by atoms with van der Waals surface area (Å²) in [6.07, 6.45) is -5.48. The van der Waals surface area contributed by atoms with Crippen molar-refractivity contribution in [1.82, 2.24) is 0 Å². The van der Waals surface area contributed by atoms with Gasteiger partial charge in [-0.3, -0.25) is 0 Å². The average Bonchev–Trinajstić information content (AvgIpc) is 1.81. The molecule has 2 nitrogen and oxygen atoms in total. The predicted octanol–water partition coefficient (Wildman–Crippen LogP) is 1.51. The molecule has 1 rings (SSSR count). The Labute approximate surface area is 96.3 Å². The summed E-state index contributed by atoms with van der Waals surface area (Å²) in [5.41, 5.74) is 0. The van der Waals surface area contributed by atoms with E-state index in [1.165, 1.54) is 0 Å². The van der Waals surface area contributed by atoms with Crippen LogP contribution >= 0.6 is 0 Å². The van der Waals surface area contributed by atoms with E-state index in [-0.39, 0.29) is 46.7 Å². The first-order chi connectivity index (χ1) is 4.71. The minimum absolute atomic E-state index is 0. The quantitative estimate of drug-likeness (QED) is 0.539. The third-order valence-corrected chi connectivity index (χ3v) is 1.21. The predicted molar refractivity (Wildman–Crippen MR) is 27.8 cm³/mol. The van der Waals surface area contributed by atoms with Crippen LogP contribution in [0.1, 0.15) is 0 Å². The summed E-state index contributed by atoms with van der Waals surface area (Å²) in [7, 11) is 0. The molecular formula is C5H5F5O2Y-2. The minimum Gasteiger partial charge on any atom is -0.512 e. The monoisotopic (exact) mass is 281 g/mol. The Bertz CT molecular complexity index is 170. The zero-order valence-corrected chi connectivity index (χ0v) is 9.24. The van der Waals surface area contributed by atoms with Crippen LogP contribution in [-0.2, 0) is 37.4 Å². The van der Waals surface area contributed by atoms with Gasteiger partial charge in [0.25, 0.3) is 5.79 Å². The summed E-state index contributed by atoms with van der Waals surface area (Å²) < 4.78 is 61.6. The first-order valence-corrected chi connectivity index (χ1v) is 2.40. The van der Waals surface area contributed by atoms with Crippen LogP contribution in [-0.4, -0.2) is 23.0 Å². The molecule has 0 saturated carbocycles. The molecule has 1 N–H and O–H groups in total. The second-order valence-electron chi connectivity index (χ2n) is 2.00. The molecule has 1 saturated heterocycles. The van der Waals surface area contributed by atoms with Crippen molar-refractivity contribution >= 4 is 0 Å². The van der Waals surface area contributed by atoms with Gasteiger partial charge in [-0.2, -0.15) is 13.2 Å². The fourth-order valence-electron chi connectivity index (χ4n) is 0.515. The van der Waals surface area contributed by atoms with Gasteiger partial charge in [0.15, 0.2) is 0 Å². The van der Waals surface area contributed by atoms with Crippen molar-refractivity contribution in [3.05, 3.63) is 14.0 Å². The molecule has 1 radical (unpaired) electrons. The Hall–Kier alpha value is 0.674. The maximum absolute atomic E-state index is 11.9. The van der Waals surface area contributed by atoms with Crippen LogP contribution in [0.4, 0.5) is 22.0 Å². The van der Waals surface area contributed by atoms with E-state index in [4.69, 9.17) is 5.11 Å². The minimum atomic E-state index is -5.48. The molecule has 1 aliphatic rings. The molecule has 13 heavy (non-hydrogen) atoms. The fraction of sp³-hybridized carbons (Fsp3) is 0.600. The fourth-order valence-corrected chi connectivity index (χ4v) is 0.515. The van der Waals surface area contributed by atoms with E-state index >= 15 is 0 Å². The molecule has 1 fully saturated rings. The van der Waals surface area contributed by atoms with E-state index in [1.54, 1.807) is 0 Å². The molecule has 0 aromatic rings. The van der Waals surface area contributed by atoms with Gasteiger partial charge in [0, 0.05) is 32.7 Å². The zero-order chi connectivity index (χ0) is 8.91. The van der Waals surface area contributed by atoms with Crippen LogP contribution < -0.4 is 0 Å². The zero-order valence-electron chi connectivity index (χ0n) is 6.40. The summed E-state index contributed by atoms with van der Waals surface area (Å²) in [6.45, 7) is -0.361. The largest absolute Gasteiger partial charge is 0.512 e. The number of ether oxygens (including phenoxy) is 1. The van der Waals surface area contributed by atoms with E-state index < -0.39 is 17.9 Å². The number of hydrogen-bond acceptors (Lipinski definition) is 2. The molecular weight excluding hydrogens is 276 g/mol. The molecule has 0 amide bonds. The van der Waals surface area contributed by atoms with Crippen molar-refractivity contribution < 1.29 is 64.5 Å². The summed E-state index contributed by atoms with van der Waals surface area (Å²) in [5, 5.41) is 8.15. The van der Waals surface area contributed by atoms with E-state index in [9.17, 15) is 22.0 Å². The van der Waals surface area contributed by atoms with Gasteiger partial charge >= 0.3 is 6.18 Å². The summed E-state index contributed by atoms with van der Waals surface area (Å²) in [4.78, 5) is 0. The first-order valence-electron chi connectivity index (χ1n) is 2.40. The first kappa shape index (κ1) is 16.1. The van der Waals surface area contributed by atoms with Crippen LogP contribution in [0.5, 0.6) is 0 Å². The van der Waals surface area contributed by atoms with Crippen molar-refractivity contribution in [3.63, 3.8) is 0 Å². The maximum Gasteiger partial charge on any atom is 0.443 e. The van der Waals surface area contributed by atoms with E-state index in [2.05, 4.69) is 4.74 Å². The van der Waals surface area contributed by atoms with Crippen LogP contribution in [0.15, 0.2) is 0 Å². The molecule has 0 aliphatic carbocycles. The number of aliphatic hydroxyl groups is 1. The molecule has 0 aromatic heterocycles. The molecule has 0 bridgehead atoms. The maximum atomic E-state index is 11.9. The molecule has 0 spiro atoms. The number of alkyl halides is 5. The van der Waals surface area contributed by atoms with Gasteiger partial charge in [-0.1, -0.05) is 0 Å². The Balaban J connectivity index is 0. The van der Waals surface area contributed by atoms with Gasteiger partial charge in [0.05, 0.1) is 0 Å². The van der Waals surface area contributed by atoms with E-state index in [1.807, 2.05) is 0 Å². The number of halogens is 5. The van der Waals surface area contributed by atoms with Crippen LogP contribution in [0.2, 0.25) is 0 Å². The van der Waals surface area contributed by atoms with Crippen LogP contribution in [0.3, 0.4) is 0 Å². The van der Waals surface area contributed by atoms with Gasteiger partial charge in [-0.05, 0) is 0 Å². The standard InChI is InChI=1S/C4H2F5O2.CH3.Y/c5-2(6)1-11-3(2,10)4(7,8)9;;/h1,10H;1H3;/q2*-1;. The third kappa shape index (κ3) is 2.19. The van der Waals surface area contributed by atoms with Crippen LogP contribution in [0.25, 0.3) is 0 Å². The van der Waals surface area contributed by atoms with Gasteiger partial charge in [0.2, 0.25) is 5.92 Å². The topological polar surface area (TPSA) is 29.5 Å². The van der Waals surface area contributed by atoms with Crippen molar-refractivity contribution in [3.8, 4) is 0 Å². The average molecular weight is 281 g/mol. The molecule has 1 heterocycles. The second kappa shape index (κ2) is 4.04. The van der Waals surface area contributed by atoms with Gasteiger partial charge in [-0.25, -0.2) is 8.78 Å². The molecule has 0 aromatic carbocycles. The molecule has 1 atom stereocenters. The number of rotatable bonds is 0. The van der Waals surface area contributed by atoms with Gasteiger partial charge < -0.3 is 17.3 Å². The second-order valence-corrected chi connectivity index (χ2v) is 2.00. The Morgan fingerprint density at radius 3 is 1.62 bits per heavy atom. The molecule has 1 unspecified atom stereocenters. The molecule has 1 aliphatic heterocycles. The van der Waals surface area contributed by atoms with Crippen molar-refractivity contribution in [2.45, 2.75) is 17.9 Å². The smallest absolute Gasteiger partial charge is 0.443 e. The van der Waals surface area contributed by atoms with Crippen molar-refractivity contribution in [2.75, 3.05) is 0 Å². The Kier molecular flexibility index (Phi) is 5.01. The summed E-state index contributed by atoms with van der Waals surface area (Å²) in [6, 6.07) is 0. The SMILES string of the molecule is OC1(C(F)(F)F)O[CH-]C1(F)F.[CH3-].[Y]. The summed E-state index contributed by atoms with van der Waals surface area (Å²) >= 11 is 0. The molecule has 8 heteroatoms. The van der Waals surface area contributed by atoms with E-state index in [0.717, 1.165) is 0 Å². The van der Waals surface area contributed by atoms with Crippen molar-refractivity contribution in [2.24, 2.45) is 0 Å². The Morgan fingerprint density at radius 1 is 1.23 bits per heavy atom. The normalized spacial score (nSPS) is 30.9. The van der Waals surface area contributed by atoms with E-state index in [0.29, 0.717) is 0 Å². The van der Waals surface area contributed by atoms with Gasteiger partial charge in [0.1, 0.15) is 0 Å². The van der Waals surface area contributed by atoms with Crippen molar-refractivity contribution in [1.29, 1.82) is 0 Å². The third-order valence-electron chi connectivity index (χ3n) is 1.21. The Morgan fingerprint density at radius 2 is 1.62 bits per heavy atom. The molecule has 77 valence electrons. The van der Waals surface area contributed by atoms with Gasteiger partial charge in [-0.15, -0.1) is 6.61 Å². The summed E-state index contributed by atoms with van der Waals surface area (Å²) in [5.74, 6) is -8.69. The number of hydrogen-bond donors (Lipinski definition) is 1.